The Morgan fingerprint density at radius 2 is 2.06 bits per heavy atom. The average molecular weight is 246 g/mol. The van der Waals surface area contributed by atoms with Crippen LogP contribution < -0.4 is 0 Å². The van der Waals surface area contributed by atoms with Crippen LogP contribution in [0.1, 0.15) is 32.6 Å². The summed E-state index contributed by atoms with van der Waals surface area (Å²) >= 11 is 0. The van der Waals surface area contributed by atoms with Gasteiger partial charge in [-0.05, 0) is 26.2 Å². The van der Waals surface area contributed by atoms with Crippen molar-refractivity contribution in [1.82, 2.24) is 0 Å². The predicted octanol–water partition coefficient (Wildman–Crippen LogP) is 1.04. The maximum Gasteiger partial charge on any atom is 0.309 e. The van der Waals surface area contributed by atoms with Gasteiger partial charge in [-0.15, -0.1) is 0 Å². The zero-order chi connectivity index (χ0) is 12.9. The summed E-state index contributed by atoms with van der Waals surface area (Å²) in [6.45, 7) is 2.49. The third-order valence-electron chi connectivity index (χ3n) is 3.37. The first-order valence-electron chi connectivity index (χ1n) is 6.02. The van der Waals surface area contributed by atoms with Gasteiger partial charge in [-0.1, -0.05) is 6.42 Å². The van der Waals surface area contributed by atoms with E-state index in [1.807, 2.05) is 6.92 Å². The lowest BCUT2D eigenvalue weighted by atomic mass is 9.65. The molecule has 0 spiro atoms. The van der Waals surface area contributed by atoms with Crippen molar-refractivity contribution in [3.8, 4) is 0 Å². The van der Waals surface area contributed by atoms with E-state index in [-0.39, 0.29) is 19.1 Å². The second-order valence-corrected chi connectivity index (χ2v) is 4.90. The van der Waals surface area contributed by atoms with Crippen LogP contribution in [0.2, 0.25) is 0 Å². The van der Waals surface area contributed by atoms with E-state index in [4.69, 9.17) is 14.6 Å². The molecule has 0 heterocycles. The molecule has 0 bridgehead atoms. The number of carbonyl (C=O) groups is 1. The minimum Gasteiger partial charge on any atom is -0.481 e. The lowest BCUT2D eigenvalue weighted by Crippen LogP contribution is -2.42. The molecule has 1 rings (SSSR count). The van der Waals surface area contributed by atoms with Gasteiger partial charge in [-0.25, -0.2) is 0 Å². The van der Waals surface area contributed by atoms with Gasteiger partial charge in [0.15, 0.2) is 0 Å². The van der Waals surface area contributed by atoms with Gasteiger partial charge in [0.25, 0.3) is 0 Å². The highest BCUT2D eigenvalue weighted by Gasteiger charge is 2.45. The van der Waals surface area contributed by atoms with Gasteiger partial charge in [-0.3, -0.25) is 4.79 Å². The van der Waals surface area contributed by atoms with Crippen LogP contribution in [0, 0.1) is 5.41 Å². The molecule has 5 nitrogen and oxygen atoms in total. The Labute approximate surface area is 102 Å². The molecule has 2 N–H and O–H groups in total. The van der Waals surface area contributed by atoms with Crippen molar-refractivity contribution in [2.45, 2.75) is 44.8 Å². The van der Waals surface area contributed by atoms with Crippen LogP contribution in [0.25, 0.3) is 0 Å². The highest BCUT2D eigenvalue weighted by atomic mass is 16.5. The summed E-state index contributed by atoms with van der Waals surface area (Å²) in [6, 6.07) is 0. The van der Waals surface area contributed by atoms with Gasteiger partial charge in [0.2, 0.25) is 0 Å². The van der Waals surface area contributed by atoms with E-state index in [1.165, 1.54) is 0 Å². The van der Waals surface area contributed by atoms with Crippen molar-refractivity contribution >= 4 is 5.97 Å². The summed E-state index contributed by atoms with van der Waals surface area (Å²) in [7, 11) is 1.59. The molecule has 0 aromatic carbocycles. The highest BCUT2D eigenvalue weighted by molar-refractivity contribution is 5.75. The molecule has 0 aromatic heterocycles. The van der Waals surface area contributed by atoms with Crippen LogP contribution in [-0.2, 0) is 14.3 Å². The Bertz CT molecular complexity index is 249. The largest absolute Gasteiger partial charge is 0.481 e. The molecule has 5 heteroatoms. The monoisotopic (exact) mass is 246 g/mol. The number of hydrogen-bond donors (Lipinski definition) is 2. The fourth-order valence-electron chi connectivity index (χ4n) is 2.18. The SMILES string of the molecule is COCC(C)OCC(O)CC1(C(=O)O)CCC1. The van der Waals surface area contributed by atoms with Crippen LogP contribution in [0.4, 0.5) is 0 Å². The lowest BCUT2D eigenvalue weighted by Gasteiger charge is -2.39. The van der Waals surface area contributed by atoms with Gasteiger partial charge >= 0.3 is 5.97 Å². The first-order chi connectivity index (χ1) is 8.00. The molecule has 100 valence electrons. The summed E-state index contributed by atoms with van der Waals surface area (Å²) in [5, 5.41) is 18.9. The van der Waals surface area contributed by atoms with E-state index >= 15 is 0 Å². The van der Waals surface area contributed by atoms with Crippen LogP contribution in [0.15, 0.2) is 0 Å². The quantitative estimate of drug-likeness (QED) is 0.669. The molecule has 0 amide bonds. The molecule has 0 radical (unpaired) electrons. The summed E-state index contributed by atoms with van der Waals surface area (Å²) in [5.41, 5.74) is -0.715. The van der Waals surface area contributed by atoms with Crippen molar-refractivity contribution in [3.63, 3.8) is 0 Å². The summed E-state index contributed by atoms with van der Waals surface area (Å²) in [4.78, 5) is 11.1. The van der Waals surface area contributed by atoms with E-state index in [2.05, 4.69) is 0 Å². The first-order valence-corrected chi connectivity index (χ1v) is 6.02. The Morgan fingerprint density at radius 1 is 1.41 bits per heavy atom. The van der Waals surface area contributed by atoms with Gasteiger partial charge in [0.05, 0.1) is 30.8 Å². The second-order valence-electron chi connectivity index (χ2n) is 4.90. The minimum atomic E-state index is -0.798. The van der Waals surface area contributed by atoms with Crippen LogP contribution in [-0.4, -0.2) is 48.7 Å². The number of ether oxygens (including phenoxy) is 2. The fraction of sp³-hybridized carbons (Fsp3) is 0.917. The van der Waals surface area contributed by atoms with Crippen LogP contribution >= 0.6 is 0 Å². The number of carboxylic acids is 1. The van der Waals surface area contributed by atoms with Crippen molar-refractivity contribution in [2.24, 2.45) is 5.41 Å². The Morgan fingerprint density at radius 3 is 2.47 bits per heavy atom. The zero-order valence-corrected chi connectivity index (χ0v) is 10.5. The third kappa shape index (κ3) is 3.94. The molecule has 0 saturated heterocycles. The second kappa shape index (κ2) is 6.33. The smallest absolute Gasteiger partial charge is 0.309 e. The molecule has 2 atom stereocenters. The summed E-state index contributed by atoms with van der Waals surface area (Å²) in [5.74, 6) is -0.798. The number of aliphatic hydroxyl groups excluding tert-OH is 1. The molecule has 0 aromatic rings. The molecule has 17 heavy (non-hydrogen) atoms. The Hall–Kier alpha value is -0.650. The molecule has 1 aliphatic rings. The number of rotatable bonds is 8. The summed E-state index contributed by atoms with van der Waals surface area (Å²) in [6.07, 6.45) is 1.73. The molecular weight excluding hydrogens is 224 g/mol. The van der Waals surface area contributed by atoms with Crippen molar-refractivity contribution < 1.29 is 24.5 Å². The fourth-order valence-corrected chi connectivity index (χ4v) is 2.18. The van der Waals surface area contributed by atoms with Crippen LogP contribution in [0.3, 0.4) is 0 Å². The van der Waals surface area contributed by atoms with Crippen LogP contribution in [0.5, 0.6) is 0 Å². The van der Waals surface area contributed by atoms with E-state index in [9.17, 15) is 9.90 Å². The topological polar surface area (TPSA) is 76.0 Å². The van der Waals surface area contributed by atoms with E-state index in [0.717, 1.165) is 6.42 Å². The highest BCUT2D eigenvalue weighted by Crippen LogP contribution is 2.45. The number of hydrogen-bond acceptors (Lipinski definition) is 4. The number of aliphatic hydroxyl groups is 1. The van der Waals surface area contributed by atoms with Crippen molar-refractivity contribution in [1.29, 1.82) is 0 Å². The van der Waals surface area contributed by atoms with Gasteiger partial charge in [0, 0.05) is 7.11 Å². The zero-order valence-electron chi connectivity index (χ0n) is 10.5. The predicted molar refractivity (Wildman–Crippen MR) is 61.8 cm³/mol. The lowest BCUT2D eigenvalue weighted by molar-refractivity contribution is -0.158. The number of methoxy groups -OCH3 is 1. The maximum atomic E-state index is 11.1. The van der Waals surface area contributed by atoms with Crippen molar-refractivity contribution in [2.75, 3.05) is 20.3 Å². The molecule has 1 fully saturated rings. The van der Waals surface area contributed by atoms with E-state index < -0.39 is 17.5 Å². The number of carboxylic acid groups (broad SMARTS) is 1. The molecule has 1 aliphatic carbocycles. The standard InChI is InChI=1S/C12H22O5/c1-9(7-16-2)17-8-10(13)6-12(11(14)15)4-3-5-12/h9-10,13H,3-8H2,1-2H3,(H,14,15). The molecule has 1 saturated carbocycles. The Balaban J connectivity index is 2.29. The normalized spacial score (nSPS) is 21.6. The van der Waals surface area contributed by atoms with Gasteiger partial charge < -0.3 is 19.7 Å². The van der Waals surface area contributed by atoms with E-state index in [0.29, 0.717) is 19.4 Å². The minimum absolute atomic E-state index is 0.0863. The first kappa shape index (κ1) is 14.4. The molecular formula is C12H22O5. The van der Waals surface area contributed by atoms with E-state index in [1.54, 1.807) is 7.11 Å². The Kier molecular flexibility index (Phi) is 5.36. The average Bonchev–Trinajstić information content (AvgIpc) is 2.20. The molecule has 0 aliphatic heterocycles. The molecule has 2 unspecified atom stereocenters. The number of aliphatic carboxylic acids is 1. The third-order valence-corrected chi connectivity index (χ3v) is 3.37. The van der Waals surface area contributed by atoms with Crippen molar-refractivity contribution in [3.05, 3.63) is 0 Å². The maximum absolute atomic E-state index is 11.1. The summed E-state index contributed by atoms with van der Waals surface area (Å²) < 4.78 is 10.3. The van der Waals surface area contributed by atoms with Gasteiger partial charge in [0.1, 0.15) is 0 Å². The van der Waals surface area contributed by atoms with Gasteiger partial charge in [-0.2, -0.15) is 0 Å².